The van der Waals surface area contributed by atoms with Gasteiger partial charge in [0.25, 0.3) is 10.0 Å². The van der Waals surface area contributed by atoms with Crippen molar-refractivity contribution in [2.45, 2.75) is 69.5 Å². The predicted octanol–water partition coefficient (Wildman–Crippen LogP) is 6.32. The van der Waals surface area contributed by atoms with Crippen molar-refractivity contribution in [2.75, 3.05) is 37.6 Å². The smallest absolute Gasteiger partial charge is 0.261 e. The van der Waals surface area contributed by atoms with Gasteiger partial charge in [-0.05, 0) is 78.5 Å². The van der Waals surface area contributed by atoms with E-state index in [0.717, 1.165) is 54.7 Å². The number of benzene rings is 4. The molecule has 1 aliphatic rings. The fraction of sp³-hybridized carbons (Fsp3) is 0.375. The van der Waals surface area contributed by atoms with Gasteiger partial charge in [0.1, 0.15) is 5.75 Å². The highest BCUT2D eigenvalue weighted by molar-refractivity contribution is 7.92. The fourth-order valence-electron chi connectivity index (χ4n) is 5.91. The average Bonchev–Trinajstić information content (AvgIpc) is 3.13. The molecule has 1 aliphatic heterocycles. The number of rotatable bonds is 20. The number of sulfonamides is 1. The van der Waals surface area contributed by atoms with Crippen molar-refractivity contribution in [2.24, 2.45) is 5.73 Å². The van der Waals surface area contributed by atoms with E-state index in [4.69, 9.17) is 24.7 Å². The first kappa shape index (κ1) is 38.9. The summed E-state index contributed by atoms with van der Waals surface area (Å²) < 4.78 is 52.0. The zero-order valence-electron chi connectivity index (χ0n) is 29.8. The Morgan fingerprint density at radius 2 is 1.67 bits per heavy atom. The number of ether oxygens (including phenoxy) is 4. The average molecular weight is 732 g/mol. The van der Waals surface area contributed by atoms with E-state index in [1.165, 1.54) is 12.1 Å². The van der Waals surface area contributed by atoms with Crippen LogP contribution >= 0.6 is 0 Å². The van der Waals surface area contributed by atoms with Crippen molar-refractivity contribution >= 4 is 21.6 Å². The summed E-state index contributed by atoms with van der Waals surface area (Å²) in [6.45, 7) is 7.40. The van der Waals surface area contributed by atoms with Gasteiger partial charge in [-0.3, -0.25) is 9.52 Å². The second kappa shape index (κ2) is 18.5. The van der Waals surface area contributed by atoms with E-state index < -0.39 is 27.8 Å². The molecule has 1 amide bonds. The maximum Gasteiger partial charge on any atom is 0.261 e. The predicted molar refractivity (Wildman–Crippen MR) is 200 cm³/mol. The molecule has 5 N–H and O–H groups in total. The van der Waals surface area contributed by atoms with Crippen molar-refractivity contribution in [3.63, 3.8) is 0 Å². The lowest BCUT2D eigenvalue weighted by molar-refractivity contribution is -0.180. The molecule has 0 spiro atoms. The number of carbonyl (C=O) groups is 1. The lowest BCUT2D eigenvalue weighted by atomic mass is 9.96. The minimum atomic E-state index is -3.91. The van der Waals surface area contributed by atoms with E-state index in [1.54, 1.807) is 42.5 Å². The van der Waals surface area contributed by atoms with Crippen LogP contribution in [-0.2, 0) is 37.4 Å². The van der Waals surface area contributed by atoms with Crippen molar-refractivity contribution in [1.82, 2.24) is 5.32 Å². The van der Waals surface area contributed by atoms with Gasteiger partial charge >= 0.3 is 0 Å². The van der Waals surface area contributed by atoms with Gasteiger partial charge in [-0.25, -0.2) is 8.42 Å². The number of primary amides is 1. The van der Waals surface area contributed by atoms with E-state index in [0.29, 0.717) is 50.7 Å². The van der Waals surface area contributed by atoms with Crippen LogP contribution in [0, 0.1) is 0 Å². The third kappa shape index (κ3) is 11.1. The molecule has 4 aromatic carbocycles. The number of amides is 1. The second-order valence-corrected chi connectivity index (χ2v) is 14.9. The third-order valence-electron chi connectivity index (χ3n) is 8.61. The molecule has 0 bridgehead atoms. The molecule has 4 aromatic rings. The van der Waals surface area contributed by atoms with Gasteiger partial charge in [0.2, 0.25) is 11.7 Å². The minimum absolute atomic E-state index is 0.106. The molecular formula is C40H49N3O8S. The fourth-order valence-corrected chi connectivity index (χ4v) is 7.01. The molecule has 0 saturated heterocycles. The molecule has 0 aliphatic carbocycles. The highest BCUT2D eigenvalue weighted by atomic mass is 32.2. The molecule has 0 aromatic heterocycles. The van der Waals surface area contributed by atoms with Crippen molar-refractivity contribution < 1.29 is 37.3 Å². The molecule has 12 heteroatoms. The number of aliphatic hydroxyl groups is 1. The standard InChI is InChI=1S/C40H49N3O8S/c1-40(2)50-28-32-25-30(18-19-37(32)51-40)36(44)26-42-20-8-3-4-9-21-48-22-23-49-27-29-12-10-13-31(24-29)38-34(39(41)45)16-11-17-35(38)43-52(46,47)33-14-6-5-7-15-33/h5-7,10-19,24-25,36,42-44H,3-4,8-9,20-23,26-28H2,1-2H3,(H2,41,45)/t36-/m0/s1. The summed E-state index contributed by atoms with van der Waals surface area (Å²) in [4.78, 5) is 12.5. The molecule has 52 heavy (non-hydrogen) atoms. The van der Waals surface area contributed by atoms with E-state index in [2.05, 4.69) is 10.0 Å². The topological polar surface area (TPSA) is 158 Å². The first-order chi connectivity index (χ1) is 25.0. The maximum atomic E-state index is 13.1. The molecule has 0 unspecified atom stereocenters. The van der Waals surface area contributed by atoms with E-state index in [1.807, 2.05) is 50.2 Å². The summed E-state index contributed by atoms with van der Waals surface area (Å²) in [5.74, 6) is -0.503. The Labute approximate surface area is 306 Å². The Morgan fingerprint density at radius 1 is 0.904 bits per heavy atom. The first-order valence-corrected chi connectivity index (χ1v) is 19.1. The minimum Gasteiger partial charge on any atom is -0.463 e. The highest BCUT2D eigenvalue weighted by Crippen LogP contribution is 2.35. The van der Waals surface area contributed by atoms with Crippen molar-refractivity contribution in [3.05, 3.63) is 113 Å². The Morgan fingerprint density at radius 3 is 2.48 bits per heavy atom. The van der Waals surface area contributed by atoms with Crippen LogP contribution in [0.25, 0.3) is 11.1 Å². The second-order valence-electron chi connectivity index (χ2n) is 13.2. The van der Waals surface area contributed by atoms with Gasteiger partial charge in [0, 0.05) is 43.7 Å². The number of aliphatic hydroxyl groups excluding tert-OH is 1. The molecule has 278 valence electrons. The Hall–Kier alpha value is -4.30. The van der Waals surface area contributed by atoms with Crippen molar-refractivity contribution in [1.29, 1.82) is 0 Å². The zero-order valence-corrected chi connectivity index (χ0v) is 30.6. The van der Waals surface area contributed by atoms with Crippen LogP contribution < -0.4 is 20.5 Å². The lowest BCUT2D eigenvalue weighted by Gasteiger charge is -2.33. The van der Waals surface area contributed by atoms with Gasteiger partial charge in [-0.15, -0.1) is 0 Å². The first-order valence-electron chi connectivity index (χ1n) is 17.6. The van der Waals surface area contributed by atoms with Crippen molar-refractivity contribution in [3.8, 4) is 16.9 Å². The van der Waals surface area contributed by atoms with Gasteiger partial charge < -0.3 is 35.1 Å². The summed E-state index contributed by atoms with van der Waals surface area (Å²) in [5, 5.41) is 14.0. The number of nitrogens with two attached hydrogens (primary N) is 1. The summed E-state index contributed by atoms with van der Waals surface area (Å²) in [6.07, 6.45) is 3.49. The van der Waals surface area contributed by atoms with Gasteiger partial charge in [0.15, 0.2) is 0 Å². The monoisotopic (exact) mass is 731 g/mol. The SMILES string of the molecule is CC1(C)OCc2cc([C@@H](O)CNCCCCCCOCCOCc3cccc(-c4c(NS(=O)(=O)c5ccccc5)cccc4C(N)=O)c3)ccc2O1. The van der Waals surface area contributed by atoms with E-state index in [-0.39, 0.29) is 16.1 Å². The normalized spacial score (nSPS) is 14.3. The molecule has 0 fully saturated rings. The Balaban J connectivity index is 0.973. The van der Waals surface area contributed by atoms with Gasteiger partial charge in [-0.2, -0.15) is 0 Å². The van der Waals surface area contributed by atoms with E-state index in [9.17, 15) is 18.3 Å². The number of fused-ring (bicyclic) bond motifs is 1. The van der Waals surface area contributed by atoms with Crippen LogP contribution in [0.2, 0.25) is 0 Å². The quantitative estimate of drug-likeness (QED) is 0.0764. The van der Waals surface area contributed by atoms with Gasteiger partial charge in [-0.1, -0.05) is 61.4 Å². The highest BCUT2D eigenvalue weighted by Gasteiger charge is 2.28. The van der Waals surface area contributed by atoms with Crippen LogP contribution in [0.1, 0.15) is 72.7 Å². The number of anilines is 1. The molecule has 0 radical (unpaired) electrons. The van der Waals surface area contributed by atoms with Crippen LogP contribution in [-0.4, -0.2) is 58.1 Å². The molecule has 11 nitrogen and oxygen atoms in total. The molecule has 1 heterocycles. The summed E-state index contributed by atoms with van der Waals surface area (Å²) in [6, 6.07) is 26.0. The summed E-state index contributed by atoms with van der Waals surface area (Å²) in [5.41, 5.74) is 9.82. The molecule has 1 atom stereocenters. The Bertz CT molecular complexity index is 1890. The van der Waals surface area contributed by atoms with Crippen LogP contribution in [0.15, 0.2) is 95.9 Å². The number of nitrogens with one attached hydrogen (secondary N) is 2. The van der Waals surface area contributed by atoms with Crippen LogP contribution in [0.5, 0.6) is 5.75 Å². The molecule has 5 rings (SSSR count). The van der Waals surface area contributed by atoms with Crippen LogP contribution in [0.3, 0.4) is 0 Å². The number of hydrogen-bond acceptors (Lipinski definition) is 9. The third-order valence-corrected chi connectivity index (χ3v) is 10.00. The number of hydrogen-bond donors (Lipinski definition) is 4. The summed E-state index contributed by atoms with van der Waals surface area (Å²) in [7, 11) is -3.91. The zero-order chi connectivity index (χ0) is 37.0. The Kier molecular flexibility index (Phi) is 13.8. The number of unbranched alkanes of at least 4 members (excludes halogenated alkanes) is 3. The number of carbonyl (C=O) groups excluding carboxylic acids is 1. The maximum absolute atomic E-state index is 13.1. The van der Waals surface area contributed by atoms with Gasteiger partial charge in [0.05, 0.1) is 43.1 Å². The van der Waals surface area contributed by atoms with Crippen LogP contribution in [0.4, 0.5) is 5.69 Å². The molecular weight excluding hydrogens is 683 g/mol. The molecule has 0 saturated carbocycles. The summed E-state index contributed by atoms with van der Waals surface area (Å²) >= 11 is 0. The largest absolute Gasteiger partial charge is 0.463 e. The van der Waals surface area contributed by atoms with E-state index >= 15 is 0 Å². The lowest BCUT2D eigenvalue weighted by Crippen LogP contribution is -2.35.